The maximum atomic E-state index is 13.2. The number of nitrogens with zero attached hydrogens (tertiary/aromatic N) is 4. The number of benzene rings is 1. The summed E-state index contributed by atoms with van der Waals surface area (Å²) in [5, 5.41) is 9.33. The number of aromatic nitrogens is 4. The highest BCUT2D eigenvalue weighted by Gasteiger charge is 2.38. The van der Waals surface area contributed by atoms with E-state index in [0.717, 1.165) is 22.3 Å². The maximum Gasteiger partial charge on any atom is 0.256 e. The van der Waals surface area contributed by atoms with Gasteiger partial charge in [0.1, 0.15) is 0 Å². The van der Waals surface area contributed by atoms with E-state index in [1.807, 2.05) is 37.2 Å². The molecular formula is C19H23N5O2. The molecule has 0 bridgehead atoms. The van der Waals surface area contributed by atoms with Crippen molar-refractivity contribution in [3.8, 4) is 0 Å². The van der Waals surface area contributed by atoms with Crippen LogP contribution in [0.4, 0.5) is 0 Å². The average Bonchev–Trinajstić information content (AvgIpc) is 3.32. The number of methoxy groups -OCH3 is 1. The number of likely N-dealkylation sites (tertiary alicyclic amines) is 1. The lowest BCUT2D eigenvalue weighted by Gasteiger charge is -2.16. The number of para-hydroxylation sites is 1. The lowest BCUT2D eigenvalue weighted by molar-refractivity contribution is 0.0715. The highest BCUT2D eigenvalue weighted by atomic mass is 16.5. The molecule has 1 aromatic carbocycles. The first-order valence-corrected chi connectivity index (χ1v) is 8.75. The fourth-order valence-electron chi connectivity index (χ4n) is 3.83. The van der Waals surface area contributed by atoms with Crippen LogP contribution in [0.15, 0.2) is 24.4 Å². The van der Waals surface area contributed by atoms with Crippen molar-refractivity contribution >= 4 is 16.8 Å². The zero-order valence-electron chi connectivity index (χ0n) is 15.5. The third-order valence-electron chi connectivity index (χ3n) is 5.43. The van der Waals surface area contributed by atoms with Crippen LogP contribution >= 0.6 is 0 Å². The molecule has 0 aliphatic carbocycles. The minimum atomic E-state index is -0.0815. The van der Waals surface area contributed by atoms with Crippen molar-refractivity contribution < 1.29 is 9.53 Å². The molecule has 3 aromatic rings. The summed E-state index contributed by atoms with van der Waals surface area (Å²) in [7, 11) is 3.52. The van der Waals surface area contributed by atoms with E-state index < -0.39 is 0 Å². The second-order valence-electron chi connectivity index (χ2n) is 7.01. The summed E-state index contributed by atoms with van der Waals surface area (Å²) in [5.74, 6) is 0.0502. The molecule has 1 amide bonds. The number of ether oxygens (including phenoxy) is 1. The fraction of sp³-hybridized carbons (Fsp3) is 0.421. The number of fused-ring (bicyclic) bond motifs is 1. The molecule has 136 valence electrons. The zero-order chi connectivity index (χ0) is 18.4. The first-order chi connectivity index (χ1) is 12.5. The van der Waals surface area contributed by atoms with E-state index in [1.54, 1.807) is 11.8 Å². The number of carbonyl (C=O) groups excluding carboxylic acids is 1. The molecule has 1 aliphatic heterocycles. The maximum absolute atomic E-state index is 13.2. The van der Waals surface area contributed by atoms with Gasteiger partial charge in [0.25, 0.3) is 5.91 Å². The molecule has 1 saturated heterocycles. The Morgan fingerprint density at radius 1 is 1.31 bits per heavy atom. The van der Waals surface area contributed by atoms with Gasteiger partial charge in [-0.1, -0.05) is 17.3 Å². The SMILES string of the molecule is CO[C@@H]1CN(C(=O)c2cccc3c(C)c(C)[nH]c23)C[C@H]1c1cn(C)nn1. The van der Waals surface area contributed by atoms with E-state index in [2.05, 4.69) is 28.3 Å². The summed E-state index contributed by atoms with van der Waals surface area (Å²) in [6.45, 7) is 5.23. The lowest BCUT2D eigenvalue weighted by atomic mass is 10.0. The molecular weight excluding hydrogens is 330 g/mol. The molecule has 4 rings (SSSR count). The van der Waals surface area contributed by atoms with Crippen LogP contribution in [0, 0.1) is 13.8 Å². The summed E-state index contributed by atoms with van der Waals surface area (Å²) in [4.78, 5) is 18.5. The van der Waals surface area contributed by atoms with Gasteiger partial charge in [0.2, 0.25) is 0 Å². The number of hydrogen-bond donors (Lipinski definition) is 1. The fourth-order valence-corrected chi connectivity index (χ4v) is 3.83. The number of H-pyrrole nitrogens is 1. The van der Waals surface area contributed by atoms with E-state index in [-0.39, 0.29) is 17.9 Å². The minimum absolute atomic E-state index is 0.0188. The molecule has 2 atom stereocenters. The summed E-state index contributed by atoms with van der Waals surface area (Å²) in [6.07, 6.45) is 1.81. The largest absolute Gasteiger partial charge is 0.379 e. The molecule has 1 N–H and O–H groups in total. The van der Waals surface area contributed by atoms with Crippen LogP contribution in [-0.4, -0.2) is 57.1 Å². The van der Waals surface area contributed by atoms with Crippen molar-refractivity contribution in [2.45, 2.75) is 25.9 Å². The minimum Gasteiger partial charge on any atom is -0.379 e. The van der Waals surface area contributed by atoms with Crippen molar-refractivity contribution in [3.63, 3.8) is 0 Å². The Morgan fingerprint density at radius 3 is 2.81 bits per heavy atom. The van der Waals surface area contributed by atoms with Crippen molar-refractivity contribution in [1.29, 1.82) is 0 Å². The van der Waals surface area contributed by atoms with Crippen LogP contribution < -0.4 is 0 Å². The Labute approximate surface area is 151 Å². The van der Waals surface area contributed by atoms with Gasteiger partial charge in [-0.05, 0) is 25.5 Å². The molecule has 3 heterocycles. The normalized spacial score (nSPS) is 20.2. The van der Waals surface area contributed by atoms with Crippen molar-refractivity contribution in [2.24, 2.45) is 7.05 Å². The number of hydrogen-bond acceptors (Lipinski definition) is 4. The van der Waals surface area contributed by atoms with E-state index in [4.69, 9.17) is 4.74 Å². The van der Waals surface area contributed by atoms with Gasteiger partial charge in [-0.2, -0.15) is 0 Å². The molecule has 0 saturated carbocycles. The first kappa shape index (κ1) is 16.8. The first-order valence-electron chi connectivity index (χ1n) is 8.75. The number of aryl methyl sites for hydroxylation is 3. The topological polar surface area (TPSA) is 76.0 Å². The highest BCUT2D eigenvalue weighted by molar-refractivity contribution is 6.06. The van der Waals surface area contributed by atoms with Gasteiger partial charge in [-0.15, -0.1) is 5.10 Å². The Bertz CT molecular complexity index is 974. The van der Waals surface area contributed by atoms with Crippen LogP contribution in [0.1, 0.15) is 33.2 Å². The van der Waals surface area contributed by atoms with Gasteiger partial charge in [-0.3, -0.25) is 9.48 Å². The van der Waals surface area contributed by atoms with Crippen LogP contribution in [0.25, 0.3) is 10.9 Å². The number of amides is 1. The van der Waals surface area contributed by atoms with E-state index in [9.17, 15) is 4.79 Å². The smallest absolute Gasteiger partial charge is 0.256 e. The van der Waals surface area contributed by atoms with Crippen LogP contribution in [0.2, 0.25) is 0 Å². The molecule has 7 heteroatoms. The van der Waals surface area contributed by atoms with Crippen molar-refractivity contribution in [1.82, 2.24) is 24.9 Å². The summed E-state index contributed by atoms with van der Waals surface area (Å²) >= 11 is 0. The van der Waals surface area contributed by atoms with E-state index in [0.29, 0.717) is 18.7 Å². The molecule has 0 spiro atoms. The predicted molar refractivity (Wildman–Crippen MR) is 98.2 cm³/mol. The number of nitrogens with one attached hydrogen (secondary N) is 1. The highest BCUT2D eigenvalue weighted by Crippen LogP contribution is 2.31. The molecule has 7 nitrogen and oxygen atoms in total. The molecule has 1 fully saturated rings. The van der Waals surface area contributed by atoms with Crippen LogP contribution in [0.5, 0.6) is 0 Å². The van der Waals surface area contributed by atoms with Gasteiger partial charge in [0.05, 0.1) is 28.8 Å². The number of rotatable bonds is 3. The molecule has 1 aliphatic rings. The van der Waals surface area contributed by atoms with Gasteiger partial charge in [-0.25, -0.2) is 0 Å². The van der Waals surface area contributed by atoms with Gasteiger partial charge in [0.15, 0.2) is 0 Å². The molecule has 26 heavy (non-hydrogen) atoms. The zero-order valence-corrected chi connectivity index (χ0v) is 15.5. The molecule has 0 unspecified atom stereocenters. The van der Waals surface area contributed by atoms with Crippen LogP contribution in [0.3, 0.4) is 0 Å². The van der Waals surface area contributed by atoms with Gasteiger partial charge in [0, 0.05) is 44.5 Å². The standard InChI is InChI=1S/C19H23N5O2/c1-11-12(2)20-18-13(11)6-5-7-14(18)19(25)24-8-15(17(10-24)26-4)16-9-23(3)22-21-16/h5-7,9,15,17,20H,8,10H2,1-4H3/t15-,17+/m0/s1. The Balaban J connectivity index is 1.66. The van der Waals surface area contributed by atoms with Crippen LogP contribution in [-0.2, 0) is 11.8 Å². The second kappa shape index (κ2) is 6.25. The Hall–Kier alpha value is -2.67. The van der Waals surface area contributed by atoms with Crippen molar-refractivity contribution in [2.75, 3.05) is 20.2 Å². The molecule has 0 radical (unpaired) electrons. The van der Waals surface area contributed by atoms with Crippen molar-refractivity contribution in [3.05, 3.63) is 46.9 Å². The second-order valence-corrected chi connectivity index (χ2v) is 7.01. The monoisotopic (exact) mass is 353 g/mol. The van der Waals surface area contributed by atoms with Gasteiger partial charge < -0.3 is 14.6 Å². The quantitative estimate of drug-likeness (QED) is 0.783. The third-order valence-corrected chi connectivity index (χ3v) is 5.43. The molecule has 2 aromatic heterocycles. The lowest BCUT2D eigenvalue weighted by Crippen LogP contribution is -2.30. The summed E-state index contributed by atoms with van der Waals surface area (Å²) in [6, 6.07) is 5.88. The number of carbonyl (C=O) groups is 1. The Morgan fingerprint density at radius 2 is 2.12 bits per heavy atom. The average molecular weight is 353 g/mol. The Kier molecular flexibility index (Phi) is 4.03. The number of aromatic amines is 1. The summed E-state index contributed by atoms with van der Waals surface area (Å²) < 4.78 is 7.31. The van der Waals surface area contributed by atoms with E-state index in [1.165, 1.54) is 5.56 Å². The van der Waals surface area contributed by atoms with E-state index >= 15 is 0 Å². The third kappa shape index (κ3) is 2.59. The van der Waals surface area contributed by atoms with Gasteiger partial charge >= 0.3 is 0 Å². The summed E-state index contributed by atoms with van der Waals surface area (Å²) in [5.41, 5.74) is 4.74. The predicted octanol–water partition coefficient (Wildman–Crippen LogP) is 2.17.